The minimum Gasteiger partial charge on any atom is -0.496 e. The van der Waals surface area contributed by atoms with Crippen LogP contribution in [0.4, 0.5) is 0 Å². The summed E-state index contributed by atoms with van der Waals surface area (Å²) in [4.78, 5) is 12.4. The molecular formula is C17H27ClN2O3. The summed E-state index contributed by atoms with van der Waals surface area (Å²) in [6.45, 7) is 0.628. The summed E-state index contributed by atoms with van der Waals surface area (Å²) in [7, 11) is 3.20. The van der Waals surface area contributed by atoms with Gasteiger partial charge in [-0.1, -0.05) is 18.9 Å². The molecule has 1 fully saturated rings. The second kappa shape index (κ2) is 9.63. The van der Waals surface area contributed by atoms with E-state index >= 15 is 0 Å². The predicted molar refractivity (Wildman–Crippen MR) is 93.4 cm³/mol. The van der Waals surface area contributed by atoms with Crippen LogP contribution in [0.1, 0.15) is 31.2 Å². The Kier molecular flexibility index (Phi) is 8.20. The summed E-state index contributed by atoms with van der Waals surface area (Å²) in [6, 6.07) is 5.72. The van der Waals surface area contributed by atoms with Crippen LogP contribution < -0.4 is 20.5 Å². The Hall–Kier alpha value is -1.46. The van der Waals surface area contributed by atoms with Crippen molar-refractivity contribution < 1.29 is 14.3 Å². The van der Waals surface area contributed by atoms with E-state index in [0.29, 0.717) is 24.0 Å². The molecular weight excluding hydrogens is 316 g/mol. The van der Waals surface area contributed by atoms with E-state index in [9.17, 15) is 4.79 Å². The van der Waals surface area contributed by atoms with Crippen LogP contribution in [0.3, 0.4) is 0 Å². The minimum absolute atomic E-state index is 0. The molecule has 2 atom stereocenters. The molecule has 2 rings (SSSR count). The van der Waals surface area contributed by atoms with Crippen LogP contribution in [0.2, 0.25) is 0 Å². The van der Waals surface area contributed by atoms with Gasteiger partial charge in [0.15, 0.2) is 0 Å². The first-order valence-electron chi connectivity index (χ1n) is 7.88. The third-order valence-electron chi connectivity index (χ3n) is 4.43. The fourth-order valence-electron chi connectivity index (χ4n) is 3.20. The van der Waals surface area contributed by atoms with Gasteiger partial charge in [-0.3, -0.25) is 4.79 Å². The van der Waals surface area contributed by atoms with Gasteiger partial charge in [-0.25, -0.2) is 0 Å². The highest BCUT2D eigenvalue weighted by Gasteiger charge is 2.26. The van der Waals surface area contributed by atoms with Crippen molar-refractivity contribution in [2.24, 2.45) is 11.7 Å². The smallest absolute Gasteiger partial charge is 0.224 e. The number of ether oxygens (including phenoxy) is 2. The number of carbonyl (C=O) groups excluding carboxylic acids is 1. The molecule has 1 aromatic carbocycles. The Morgan fingerprint density at radius 2 is 1.83 bits per heavy atom. The molecule has 1 aromatic rings. The molecule has 23 heavy (non-hydrogen) atoms. The van der Waals surface area contributed by atoms with Gasteiger partial charge >= 0.3 is 0 Å². The van der Waals surface area contributed by atoms with E-state index in [1.165, 1.54) is 6.42 Å². The zero-order chi connectivity index (χ0) is 15.9. The number of benzene rings is 1. The van der Waals surface area contributed by atoms with Crippen LogP contribution in [0, 0.1) is 5.92 Å². The maximum atomic E-state index is 12.4. The van der Waals surface area contributed by atoms with Crippen molar-refractivity contribution in [3.8, 4) is 11.5 Å². The highest BCUT2D eigenvalue weighted by molar-refractivity contribution is 5.85. The first-order chi connectivity index (χ1) is 10.7. The quantitative estimate of drug-likeness (QED) is 0.832. The molecule has 1 aliphatic carbocycles. The summed E-state index contributed by atoms with van der Waals surface area (Å²) in [5, 5.41) is 3.14. The molecule has 2 unspecified atom stereocenters. The monoisotopic (exact) mass is 342 g/mol. The largest absolute Gasteiger partial charge is 0.496 e. The van der Waals surface area contributed by atoms with E-state index in [2.05, 4.69) is 5.32 Å². The number of nitrogens with one attached hydrogen (secondary N) is 1. The summed E-state index contributed by atoms with van der Waals surface area (Å²) in [5.74, 6) is 1.73. The molecule has 0 aliphatic heterocycles. The SMILES string of the molecule is COc1cccc(OC)c1CC(=O)NC1CCCCC1CN.Cl. The lowest BCUT2D eigenvalue weighted by molar-refractivity contribution is -0.121. The third-order valence-corrected chi connectivity index (χ3v) is 4.43. The summed E-state index contributed by atoms with van der Waals surface area (Å²) >= 11 is 0. The number of methoxy groups -OCH3 is 2. The van der Waals surface area contributed by atoms with E-state index in [1.54, 1.807) is 14.2 Å². The van der Waals surface area contributed by atoms with Crippen LogP contribution in [0.25, 0.3) is 0 Å². The molecule has 0 radical (unpaired) electrons. The van der Waals surface area contributed by atoms with Gasteiger partial charge in [0.25, 0.3) is 0 Å². The second-order valence-electron chi connectivity index (χ2n) is 5.77. The van der Waals surface area contributed by atoms with Crippen LogP contribution in [-0.4, -0.2) is 32.7 Å². The maximum absolute atomic E-state index is 12.4. The molecule has 1 saturated carbocycles. The van der Waals surface area contributed by atoms with Gasteiger partial charge in [0, 0.05) is 11.6 Å². The lowest BCUT2D eigenvalue weighted by atomic mass is 9.84. The van der Waals surface area contributed by atoms with Gasteiger partial charge in [-0.05, 0) is 37.4 Å². The third kappa shape index (κ3) is 5.01. The molecule has 0 spiro atoms. The second-order valence-corrected chi connectivity index (χ2v) is 5.77. The zero-order valence-electron chi connectivity index (χ0n) is 13.8. The average molecular weight is 343 g/mol. The predicted octanol–water partition coefficient (Wildman–Crippen LogP) is 2.30. The van der Waals surface area contributed by atoms with E-state index < -0.39 is 0 Å². The van der Waals surface area contributed by atoms with Crippen molar-refractivity contribution in [2.45, 2.75) is 38.1 Å². The Labute approximate surface area is 144 Å². The Morgan fingerprint density at radius 1 is 1.22 bits per heavy atom. The number of hydrogen-bond donors (Lipinski definition) is 2. The normalized spacial score (nSPS) is 20.3. The van der Waals surface area contributed by atoms with Gasteiger partial charge in [0.05, 0.1) is 20.6 Å². The molecule has 1 amide bonds. The van der Waals surface area contributed by atoms with E-state index in [0.717, 1.165) is 24.8 Å². The van der Waals surface area contributed by atoms with Gasteiger partial charge in [0.2, 0.25) is 5.91 Å². The van der Waals surface area contributed by atoms with Crippen molar-refractivity contribution in [3.63, 3.8) is 0 Å². The van der Waals surface area contributed by atoms with Crippen molar-refractivity contribution in [3.05, 3.63) is 23.8 Å². The van der Waals surface area contributed by atoms with E-state index in [4.69, 9.17) is 15.2 Å². The molecule has 0 aromatic heterocycles. The highest BCUT2D eigenvalue weighted by atomic mass is 35.5. The van der Waals surface area contributed by atoms with Crippen molar-refractivity contribution in [2.75, 3.05) is 20.8 Å². The maximum Gasteiger partial charge on any atom is 0.224 e. The van der Waals surface area contributed by atoms with Crippen LogP contribution >= 0.6 is 12.4 Å². The summed E-state index contributed by atoms with van der Waals surface area (Å²) < 4.78 is 10.7. The molecule has 0 bridgehead atoms. The van der Waals surface area contributed by atoms with Crippen LogP contribution in [-0.2, 0) is 11.2 Å². The van der Waals surface area contributed by atoms with Crippen LogP contribution in [0.15, 0.2) is 18.2 Å². The number of halogens is 1. The molecule has 5 nitrogen and oxygen atoms in total. The minimum atomic E-state index is -0.00634. The van der Waals surface area contributed by atoms with E-state index in [1.807, 2.05) is 18.2 Å². The molecule has 0 heterocycles. The topological polar surface area (TPSA) is 73.6 Å². The number of nitrogens with two attached hydrogens (primary N) is 1. The number of amides is 1. The standard InChI is InChI=1S/C17H26N2O3.ClH/c1-21-15-8-5-9-16(22-2)13(15)10-17(20)19-14-7-4-3-6-12(14)11-18;/h5,8-9,12,14H,3-4,6-7,10-11,18H2,1-2H3,(H,19,20);1H. The van der Waals surface area contributed by atoms with Gasteiger partial charge < -0.3 is 20.5 Å². The van der Waals surface area contributed by atoms with Gasteiger partial charge in [-0.15, -0.1) is 12.4 Å². The Balaban J connectivity index is 0.00000264. The molecule has 1 aliphatic rings. The Bertz CT molecular complexity index is 488. The summed E-state index contributed by atoms with van der Waals surface area (Å²) in [6.07, 6.45) is 4.71. The van der Waals surface area contributed by atoms with Gasteiger partial charge in [0.1, 0.15) is 11.5 Å². The lowest BCUT2D eigenvalue weighted by Gasteiger charge is -2.31. The average Bonchev–Trinajstić information content (AvgIpc) is 2.55. The number of rotatable bonds is 6. The molecule has 3 N–H and O–H groups in total. The summed E-state index contributed by atoms with van der Waals surface area (Å²) in [5.41, 5.74) is 6.60. The van der Waals surface area contributed by atoms with Crippen molar-refractivity contribution in [1.29, 1.82) is 0 Å². The fourth-order valence-corrected chi connectivity index (χ4v) is 3.20. The van der Waals surface area contributed by atoms with Gasteiger partial charge in [-0.2, -0.15) is 0 Å². The van der Waals surface area contributed by atoms with Crippen LogP contribution in [0.5, 0.6) is 11.5 Å². The lowest BCUT2D eigenvalue weighted by Crippen LogP contribution is -2.45. The molecule has 0 saturated heterocycles. The first kappa shape index (κ1) is 19.6. The van der Waals surface area contributed by atoms with Crippen molar-refractivity contribution >= 4 is 18.3 Å². The first-order valence-corrected chi connectivity index (χ1v) is 7.88. The Morgan fingerprint density at radius 3 is 2.39 bits per heavy atom. The number of hydrogen-bond acceptors (Lipinski definition) is 4. The fraction of sp³-hybridized carbons (Fsp3) is 0.588. The molecule has 6 heteroatoms. The van der Waals surface area contributed by atoms with E-state index in [-0.39, 0.29) is 30.8 Å². The van der Waals surface area contributed by atoms with Crippen molar-refractivity contribution in [1.82, 2.24) is 5.32 Å². The zero-order valence-corrected chi connectivity index (χ0v) is 14.7. The highest BCUT2D eigenvalue weighted by Crippen LogP contribution is 2.29. The number of carbonyl (C=O) groups is 1. The molecule has 130 valence electrons.